The van der Waals surface area contributed by atoms with Crippen molar-refractivity contribution in [2.45, 2.75) is 24.9 Å². The molecule has 3 rings (SSSR count). The molecule has 3 N–H and O–H groups in total. The average Bonchev–Trinajstić information content (AvgIpc) is 2.81. The van der Waals surface area contributed by atoms with Gasteiger partial charge in [-0.25, -0.2) is 4.98 Å². The van der Waals surface area contributed by atoms with Crippen LogP contribution in [0.15, 0.2) is 41.3 Å². The molecule has 1 fully saturated rings. The van der Waals surface area contributed by atoms with Crippen LogP contribution in [0.1, 0.15) is 12.8 Å². The first-order chi connectivity index (χ1) is 8.31. The fourth-order valence-corrected chi connectivity index (χ4v) is 2.14. The molecule has 0 spiro atoms. The third-order valence-electron chi connectivity index (χ3n) is 3.12. The van der Waals surface area contributed by atoms with E-state index in [4.69, 9.17) is 10.2 Å². The Labute approximate surface area is 99.8 Å². The van der Waals surface area contributed by atoms with Crippen molar-refractivity contribution in [1.29, 1.82) is 0 Å². The number of hydrogen-bond donors (Lipinski definition) is 2. The molecule has 1 heterocycles. The standard InChI is InChI=1S/C13H15N3O/c14-10-5-12(6-10)16-11-3-1-2-9(4-11)13-7-15-8-17-13/h1-4,7-8,10,12,16H,5-6,14H2. The van der Waals surface area contributed by atoms with E-state index in [0.717, 1.165) is 29.9 Å². The van der Waals surface area contributed by atoms with Gasteiger partial charge < -0.3 is 15.5 Å². The Hall–Kier alpha value is -1.81. The van der Waals surface area contributed by atoms with Gasteiger partial charge in [0.1, 0.15) is 0 Å². The van der Waals surface area contributed by atoms with E-state index in [1.54, 1.807) is 6.20 Å². The van der Waals surface area contributed by atoms with E-state index in [1.165, 1.54) is 6.39 Å². The molecule has 0 atom stereocenters. The van der Waals surface area contributed by atoms with Gasteiger partial charge in [-0.3, -0.25) is 0 Å². The van der Waals surface area contributed by atoms with Crippen LogP contribution in [0.25, 0.3) is 11.3 Å². The monoisotopic (exact) mass is 229 g/mol. The van der Waals surface area contributed by atoms with Crippen LogP contribution in [0, 0.1) is 0 Å². The molecular weight excluding hydrogens is 214 g/mol. The molecule has 0 radical (unpaired) electrons. The second-order valence-corrected chi connectivity index (χ2v) is 4.52. The van der Waals surface area contributed by atoms with Crippen molar-refractivity contribution in [1.82, 2.24) is 4.98 Å². The summed E-state index contributed by atoms with van der Waals surface area (Å²) in [5.41, 5.74) is 7.91. The summed E-state index contributed by atoms with van der Waals surface area (Å²) in [5.74, 6) is 0.791. The van der Waals surface area contributed by atoms with Gasteiger partial charge >= 0.3 is 0 Å². The van der Waals surface area contributed by atoms with Crippen molar-refractivity contribution in [3.63, 3.8) is 0 Å². The Morgan fingerprint density at radius 3 is 2.94 bits per heavy atom. The zero-order valence-electron chi connectivity index (χ0n) is 9.47. The maximum absolute atomic E-state index is 5.77. The predicted molar refractivity (Wildman–Crippen MR) is 66.6 cm³/mol. The van der Waals surface area contributed by atoms with Gasteiger partial charge in [0.05, 0.1) is 6.20 Å². The van der Waals surface area contributed by atoms with Crippen LogP contribution in [0.5, 0.6) is 0 Å². The minimum atomic E-state index is 0.366. The minimum absolute atomic E-state index is 0.366. The van der Waals surface area contributed by atoms with Crippen molar-refractivity contribution in [2.24, 2.45) is 5.73 Å². The minimum Gasteiger partial charge on any atom is -0.444 e. The van der Waals surface area contributed by atoms with E-state index in [-0.39, 0.29) is 0 Å². The van der Waals surface area contributed by atoms with Crippen LogP contribution in [0.2, 0.25) is 0 Å². The first-order valence-corrected chi connectivity index (χ1v) is 5.82. The number of anilines is 1. The van der Waals surface area contributed by atoms with Crippen molar-refractivity contribution in [3.8, 4) is 11.3 Å². The highest BCUT2D eigenvalue weighted by Gasteiger charge is 2.25. The van der Waals surface area contributed by atoms with Crippen LogP contribution in [0.3, 0.4) is 0 Å². The molecule has 0 bridgehead atoms. The molecule has 1 aliphatic carbocycles. The fraction of sp³-hybridized carbons (Fsp3) is 0.308. The second kappa shape index (κ2) is 4.22. The van der Waals surface area contributed by atoms with Crippen LogP contribution in [0.4, 0.5) is 5.69 Å². The fourth-order valence-electron chi connectivity index (χ4n) is 2.14. The quantitative estimate of drug-likeness (QED) is 0.847. The van der Waals surface area contributed by atoms with Gasteiger partial charge in [0, 0.05) is 23.3 Å². The summed E-state index contributed by atoms with van der Waals surface area (Å²) >= 11 is 0. The number of aromatic nitrogens is 1. The summed E-state index contributed by atoms with van der Waals surface area (Å²) < 4.78 is 5.28. The molecule has 2 aromatic rings. The highest BCUT2D eigenvalue weighted by atomic mass is 16.3. The molecule has 88 valence electrons. The van der Waals surface area contributed by atoms with E-state index in [0.29, 0.717) is 12.1 Å². The first kappa shape index (κ1) is 10.4. The van der Waals surface area contributed by atoms with Gasteiger partial charge in [-0.1, -0.05) is 12.1 Å². The van der Waals surface area contributed by atoms with Crippen LogP contribution < -0.4 is 11.1 Å². The number of benzene rings is 1. The highest BCUT2D eigenvalue weighted by molar-refractivity contribution is 5.63. The van der Waals surface area contributed by atoms with Gasteiger partial charge in [0.25, 0.3) is 0 Å². The van der Waals surface area contributed by atoms with E-state index >= 15 is 0 Å². The summed E-state index contributed by atoms with van der Waals surface area (Å²) in [6, 6.07) is 9.03. The summed E-state index contributed by atoms with van der Waals surface area (Å²) in [7, 11) is 0. The van der Waals surface area contributed by atoms with Gasteiger partial charge in [0.15, 0.2) is 12.2 Å². The van der Waals surface area contributed by atoms with E-state index in [9.17, 15) is 0 Å². The number of nitrogens with one attached hydrogen (secondary N) is 1. The summed E-state index contributed by atoms with van der Waals surface area (Å²) in [6.45, 7) is 0. The zero-order chi connectivity index (χ0) is 11.7. The third-order valence-corrected chi connectivity index (χ3v) is 3.12. The van der Waals surface area contributed by atoms with Gasteiger partial charge in [-0.15, -0.1) is 0 Å². The molecule has 4 nitrogen and oxygen atoms in total. The smallest absolute Gasteiger partial charge is 0.181 e. The SMILES string of the molecule is NC1CC(Nc2cccc(-c3cnco3)c2)C1. The Kier molecular flexibility index (Phi) is 2.57. The molecule has 17 heavy (non-hydrogen) atoms. The highest BCUT2D eigenvalue weighted by Crippen LogP contribution is 2.26. The van der Waals surface area contributed by atoms with Gasteiger partial charge in [0.2, 0.25) is 0 Å². The number of nitrogens with two attached hydrogens (primary N) is 1. The topological polar surface area (TPSA) is 64.1 Å². The molecular formula is C13H15N3O. The van der Waals surface area contributed by atoms with Crippen LogP contribution in [-0.4, -0.2) is 17.1 Å². The summed E-state index contributed by atoms with van der Waals surface area (Å²) in [6.07, 6.45) is 5.26. The van der Waals surface area contributed by atoms with E-state index in [2.05, 4.69) is 22.4 Å². The summed E-state index contributed by atoms with van der Waals surface area (Å²) in [5, 5.41) is 3.47. The molecule has 0 amide bonds. The average molecular weight is 229 g/mol. The summed E-state index contributed by atoms with van der Waals surface area (Å²) in [4.78, 5) is 3.92. The lowest BCUT2D eigenvalue weighted by atomic mass is 9.87. The molecule has 1 saturated carbocycles. The molecule has 0 aliphatic heterocycles. The lowest BCUT2D eigenvalue weighted by molar-refractivity contribution is 0.373. The predicted octanol–water partition coefficient (Wildman–Crippen LogP) is 2.24. The van der Waals surface area contributed by atoms with Gasteiger partial charge in [-0.05, 0) is 25.0 Å². The Morgan fingerprint density at radius 2 is 2.24 bits per heavy atom. The van der Waals surface area contributed by atoms with Crippen LogP contribution >= 0.6 is 0 Å². The maximum Gasteiger partial charge on any atom is 0.181 e. The molecule has 4 heteroatoms. The van der Waals surface area contributed by atoms with Crippen molar-refractivity contribution in [3.05, 3.63) is 36.9 Å². The Bertz CT molecular complexity index is 489. The molecule has 0 unspecified atom stereocenters. The van der Waals surface area contributed by atoms with E-state index < -0.39 is 0 Å². The van der Waals surface area contributed by atoms with E-state index in [1.807, 2.05) is 12.1 Å². The normalized spacial score (nSPS) is 23.1. The second-order valence-electron chi connectivity index (χ2n) is 4.52. The van der Waals surface area contributed by atoms with Crippen LogP contribution in [-0.2, 0) is 0 Å². The molecule has 1 aromatic carbocycles. The zero-order valence-corrected chi connectivity index (χ0v) is 9.47. The lowest BCUT2D eigenvalue weighted by Gasteiger charge is -2.33. The molecule has 0 saturated heterocycles. The number of nitrogens with zero attached hydrogens (tertiary/aromatic N) is 1. The van der Waals surface area contributed by atoms with Crippen molar-refractivity contribution in [2.75, 3.05) is 5.32 Å². The third kappa shape index (κ3) is 2.17. The Morgan fingerprint density at radius 1 is 1.35 bits per heavy atom. The number of hydrogen-bond acceptors (Lipinski definition) is 4. The lowest BCUT2D eigenvalue weighted by Crippen LogP contribution is -2.44. The first-order valence-electron chi connectivity index (χ1n) is 5.82. The number of oxazole rings is 1. The number of rotatable bonds is 3. The molecule has 1 aromatic heterocycles. The largest absolute Gasteiger partial charge is 0.444 e. The molecule has 1 aliphatic rings. The van der Waals surface area contributed by atoms with Gasteiger partial charge in [-0.2, -0.15) is 0 Å². The Balaban J connectivity index is 1.75. The maximum atomic E-state index is 5.77. The van der Waals surface area contributed by atoms with Crippen molar-refractivity contribution < 1.29 is 4.42 Å². The van der Waals surface area contributed by atoms with Crippen molar-refractivity contribution >= 4 is 5.69 Å².